The van der Waals surface area contributed by atoms with Gasteiger partial charge in [0.1, 0.15) is 17.2 Å². The van der Waals surface area contributed by atoms with Crippen molar-refractivity contribution in [3.8, 4) is 40.2 Å². The molecule has 1 unspecified atom stereocenters. The molecule has 10 nitrogen and oxygen atoms in total. The number of methoxy groups -OCH3 is 1. The molecule has 1 atom stereocenters. The number of fused-ring (bicyclic) bond motifs is 2. The first-order valence-corrected chi connectivity index (χ1v) is 14.4. The molecule has 0 bridgehead atoms. The second-order valence-electron chi connectivity index (χ2n) is 10.7. The summed E-state index contributed by atoms with van der Waals surface area (Å²) in [5, 5.41) is 6.72. The first-order chi connectivity index (χ1) is 21.7. The van der Waals surface area contributed by atoms with Crippen molar-refractivity contribution < 1.29 is 9.53 Å². The number of nitrogens with zero attached hydrogens (tertiary/aromatic N) is 5. The number of nitrogens with one attached hydrogen (secondary N) is 2. The topological polar surface area (TPSA) is 115 Å². The number of likely N-dealkylation sites (N-methyl/N-ethyl adjacent to an activating group) is 1. The molecular formula is C35H31N7O3. The molecular weight excluding hydrogens is 566 g/mol. The highest BCUT2D eigenvalue weighted by Gasteiger charge is 2.21. The van der Waals surface area contributed by atoms with Crippen LogP contribution in [0.1, 0.15) is 23.7 Å². The molecule has 224 valence electrons. The van der Waals surface area contributed by atoms with Crippen LogP contribution < -0.4 is 20.9 Å². The molecule has 0 radical (unpaired) electrons. The van der Waals surface area contributed by atoms with Crippen LogP contribution >= 0.6 is 0 Å². The van der Waals surface area contributed by atoms with E-state index in [1.807, 2.05) is 66.1 Å². The van der Waals surface area contributed by atoms with Gasteiger partial charge in [-0.3, -0.25) is 14.0 Å². The maximum atomic E-state index is 12.7. The van der Waals surface area contributed by atoms with Crippen LogP contribution in [0.5, 0.6) is 5.88 Å². The van der Waals surface area contributed by atoms with E-state index in [1.165, 1.54) is 0 Å². The maximum absolute atomic E-state index is 12.7. The highest BCUT2D eigenvalue weighted by molar-refractivity contribution is 5.94. The van der Waals surface area contributed by atoms with Crippen molar-refractivity contribution in [2.75, 3.05) is 19.5 Å². The minimum Gasteiger partial charge on any atom is -0.481 e. The molecule has 0 aliphatic carbocycles. The van der Waals surface area contributed by atoms with Crippen molar-refractivity contribution in [3.05, 3.63) is 106 Å². The number of aryl methyl sites for hydroxylation is 2. The van der Waals surface area contributed by atoms with Crippen molar-refractivity contribution in [1.82, 2.24) is 29.2 Å². The molecule has 5 heterocycles. The Bertz CT molecular complexity index is 2220. The highest BCUT2D eigenvalue weighted by atomic mass is 16.5. The number of carbonyl (C=O) groups excluding carboxylic acids is 1. The standard InChI is InChI=1S/C35H31N7O3/c1-21-15-17-42-30(18-21)40-33(25-14-16-37-31(20-25)45-5)34(42)26-9-12-29(39-35(44)22(2)36-3)38-27(26)10-6-23-7-11-28-24(19-23)8-13-32(43)41(28)4/h7-9,11-20,22,36H,1-5H3,(H,38,39,44). The molecule has 0 saturated heterocycles. The number of aromatic nitrogens is 5. The van der Waals surface area contributed by atoms with E-state index in [9.17, 15) is 9.59 Å². The monoisotopic (exact) mass is 597 g/mol. The van der Waals surface area contributed by atoms with E-state index in [2.05, 4.69) is 27.5 Å². The predicted molar refractivity (Wildman–Crippen MR) is 175 cm³/mol. The average Bonchev–Trinajstić information content (AvgIpc) is 3.43. The van der Waals surface area contributed by atoms with Gasteiger partial charge in [-0.05, 0) is 92.4 Å². The lowest BCUT2D eigenvalue weighted by atomic mass is 10.0. The van der Waals surface area contributed by atoms with Crippen LogP contribution in [0.4, 0.5) is 5.82 Å². The Morgan fingerprint density at radius 1 is 1.00 bits per heavy atom. The molecule has 45 heavy (non-hydrogen) atoms. The molecule has 0 spiro atoms. The Morgan fingerprint density at radius 2 is 1.84 bits per heavy atom. The van der Waals surface area contributed by atoms with Gasteiger partial charge in [-0.25, -0.2) is 15.0 Å². The molecule has 0 aliphatic heterocycles. The maximum Gasteiger partial charge on any atom is 0.250 e. The fourth-order valence-electron chi connectivity index (χ4n) is 5.05. The smallest absolute Gasteiger partial charge is 0.250 e. The zero-order valence-electron chi connectivity index (χ0n) is 25.5. The summed E-state index contributed by atoms with van der Waals surface area (Å²) >= 11 is 0. The zero-order valence-corrected chi connectivity index (χ0v) is 25.5. The summed E-state index contributed by atoms with van der Waals surface area (Å²) in [6.07, 6.45) is 3.66. The van der Waals surface area contributed by atoms with Crippen LogP contribution in [0.25, 0.3) is 39.1 Å². The van der Waals surface area contributed by atoms with Gasteiger partial charge in [0.2, 0.25) is 11.8 Å². The third-order valence-corrected chi connectivity index (χ3v) is 7.68. The summed E-state index contributed by atoms with van der Waals surface area (Å²) in [4.78, 5) is 38.9. The number of hydrogen-bond acceptors (Lipinski definition) is 7. The molecule has 1 aromatic carbocycles. The van der Waals surface area contributed by atoms with Gasteiger partial charge in [-0.1, -0.05) is 5.92 Å². The number of imidazole rings is 1. The molecule has 6 rings (SSSR count). The number of pyridine rings is 4. The molecule has 0 saturated carbocycles. The van der Waals surface area contributed by atoms with Gasteiger partial charge in [0.15, 0.2) is 0 Å². The van der Waals surface area contributed by atoms with E-state index in [0.29, 0.717) is 23.1 Å². The summed E-state index contributed by atoms with van der Waals surface area (Å²) in [6, 6.07) is 20.0. The molecule has 1 amide bonds. The van der Waals surface area contributed by atoms with Crippen molar-refractivity contribution in [2.24, 2.45) is 7.05 Å². The van der Waals surface area contributed by atoms with Crippen molar-refractivity contribution in [3.63, 3.8) is 0 Å². The summed E-state index contributed by atoms with van der Waals surface area (Å²) in [5.74, 6) is 7.15. The summed E-state index contributed by atoms with van der Waals surface area (Å²) in [6.45, 7) is 3.79. The Balaban J connectivity index is 1.56. The first-order valence-electron chi connectivity index (χ1n) is 14.4. The van der Waals surface area contributed by atoms with E-state index in [-0.39, 0.29) is 11.5 Å². The molecule has 2 N–H and O–H groups in total. The lowest BCUT2D eigenvalue weighted by Gasteiger charge is -2.13. The van der Waals surface area contributed by atoms with Crippen molar-refractivity contribution >= 4 is 28.3 Å². The Labute approximate surface area is 259 Å². The van der Waals surface area contributed by atoms with E-state index < -0.39 is 6.04 Å². The largest absolute Gasteiger partial charge is 0.481 e. The Kier molecular flexibility index (Phi) is 7.86. The van der Waals surface area contributed by atoms with Gasteiger partial charge in [-0.15, -0.1) is 0 Å². The zero-order chi connectivity index (χ0) is 31.7. The number of anilines is 1. The van der Waals surface area contributed by atoms with Gasteiger partial charge in [0, 0.05) is 48.3 Å². The Morgan fingerprint density at radius 3 is 2.64 bits per heavy atom. The van der Waals surface area contributed by atoms with Crippen LogP contribution in [0.3, 0.4) is 0 Å². The lowest BCUT2D eigenvalue weighted by molar-refractivity contribution is -0.117. The minimum atomic E-state index is -0.412. The number of rotatable bonds is 6. The number of carbonyl (C=O) groups is 1. The van der Waals surface area contributed by atoms with Gasteiger partial charge >= 0.3 is 0 Å². The third kappa shape index (κ3) is 5.77. The van der Waals surface area contributed by atoms with E-state index in [1.54, 1.807) is 57.1 Å². The fraction of sp³-hybridized carbons (Fsp3) is 0.171. The summed E-state index contributed by atoms with van der Waals surface area (Å²) < 4.78 is 9.02. The van der Waals surface area contributed by atoms with Crippen molar-refractivity contribution in [1.29, 1.82) is 0 Å². The second kappa shape index (κ2) is 12.1. The normalized spacial score (nSPS) is 11.7. The SMILES string of the molecule is CNC(C)C(=O)Nc1ccc(-c2c(-c3ccnc(OC)c3)nc3cc(C)ccn23)c(C#Cc2ccc3c(ccc(=O)n3C)c2)n1. The van der Waals surface area contributed by atoms with E-state index in [4.69, 9.17) is 14.7 Å². The lowest BCUT2D eigenvalue weighted by Crippen LogP contribution is -2.35. The van der Waals surface area contributed by atoms with Gasteiger partial charge in [-0.2, -0.15) is 0 Å². The van der Waals surface area contributed by atoms with Crippen molar-refractivity contribution in [2.45, 2.75) is 19.9 Å². The molecule has 5 aromatic heterocycles. The van der Waals surface area contributed by atoms with Crippen LogP contribution in [0, 0.1) is 18.8 Å². The third-order valence-electron chi connectivity index (χ3n) is 7.68. The summed E-state index contributed by atoms with van der Waals surface area (Å²) in [7, 11) is 5.04. The van der Waals surface area contributed by atoms with Crippen LogP contribution in [-0.4, -0.2) is 50.0 Å². The van der Waals surface area contributed by atoms with Crippen LogP contribution in [0.15, 0.2) is 83.9 Å². The molecule has 0 fully saturated rings. The van der Waals surface area contributed by atoms with Gasteiger partial charge in [0.25, 0.3) is 5.56 Å². The number of amides is 1. The second-order valence-corrected chi connectivity index (χ2v) is 10.7. The molecule has 10 heteroatoms. The predicted octanol–water partition coefficient (Wildman–Crippen LogP) is 4.57. The van der Waals surface area contributed by atoms with Crippen LogP contribution in [-0.2, 0) is 11.8 Å². The van der Waals surface area contributed by atoms with Gasteiger partial charge < -0.3 is 19.9 Å². The van der Waals surface area contributed by atoms with Crippen LogP contribution in [0.2, 0.25) is 0 Å². The number of hydrogen-bond donors (Lipinski definition) is 2. The van der Waals surface area contributed by atoms with Gasteiger partial charge in [0.05, 0.1) is 30.1 Å². The van der Waals surface area contributed by atoms with E-state index >= 15 is 0 Å². The highest BCUT2D eigenvalue weighted by Crippen LogP contribution is 2.35. The Hall–Kier alpha value is -5.79. The molecule has 6 aromatic rings. The average molecular weight is 598 g/mol. The number of benzene rings is 1. The fourth-order valence-corrected chi connectivity index (χ4v) is 5.05. The first kappa shape index (κ1) is 29.3. The molecule has 0 aliphatic rings. The summed E-state index contributed by atoms with van der Waals surface area (Å²) in [5.41, 5.74) is 6.81. The minimum absolute atomic E-state index is 0.0764. The van der Waals surface area contributed by atoms with E-state index in [0.717, 1.165) is 44.5 Å². The quantitative estimate of drug-likeness (QED) is 0.270. The number of ether oxygens (including phenoxy) is 1.